The van der Waals surface area contributed by atoms with Crippen LogP contribution in [0.15, 0.2) is 30.5 Å². The first-order chi connectivity index (χ1) is 10.2. The highest BCUT2D eigenvalue weighted by Gasteiger charge is 2.14. The first kappa shape index (κ1) is 13.5. The zero-order chi connectivity index (χ0) is 14.8. The molecule has 1 N–H and O–H groups in total. The van der Waals surface area contributed by atoms with Crippen molar-refractivity contribution in [2.24, 2.45) is 0 Å². The Bertz CT molecular complexity index is 775. The molecule has 5 nitrogen and oxygen atoms in total. The number of nitrogens with one attached hydrogen (secondary N) is 1. The molecule has 0 radical (unpaired) electrons. The molecule has 0 bridgehead atoms. The van der Waals surface area contributed by atoms with E-state index in [1.54, 1.807) is 0 Å². The highest BCUT2D eigenvalue weighted by molar-refractivity contribution is 5.80. The zero-order valence-electron chi connectivity index (χ0n) is 12.6. The van der Waals surface area contributed by atoms with Crippen LogP contribution in [-0.2, 0) is 6.42 Å². The van der Waals surface area contributed by atoms with Crippen LogP contribution in [0.5, 0.6) is 0 Å². The zero-order valence-corrected chi connectivity index (χ0v) is 12.6. The molecule has 0 amide bonds. The van der Waals surface area contributed by atoms with E-state index < -0.39 is 0 Å². The normalized spacial score (nSPS) is 11.0. The first-order valence-electron chi connectivity index (χ1n) is 7.23. The Morgan fingerprint density at radius 1 is 1.19 bits per heavy atom. The van der Waals surface area contributed by atoms with Gasteiger partial charge in [-0.05, 0) is 19.4 Å². The van der Waals surface area contributed by atoms with Gasteiger partial charge < -0.3 is 5.32 Å². The number of aromatic nitrogens is 4. The molecule has 0 fully saturated rings. The third-order valence-corrected chi connectivity index (χ3v) is 3.55. The summed E-state index contributed by atoms with van der Waals surface area (Å²) in [7, 11) is 1.88. The third-order valence-electron chi connectivity index (χ3n) is 3.55. The van der Waals surface area contributed by atoms with E-state index in [0.29, 0.717) is 0 Å². The Hall–Kier alpha value is -2.43. The van der Waals surface area contributed by atoms with E-state index in [9.17, 15) is 0 Å². The predicted molar refractivity (Wildman–Crippen MR) is 84.9 cm³/mol. The van der Waals surface area contributed by atoms with Gasteiger partial charge in [-0.15, -0.1) is 0 Å². The summed E-state index contributed by atoms with van der Waals surface area (Å²) in [6, 6.07) is 8.15. The Labute approximate surface area is 124 Å². The van der Waals surface area contributed by atoms with Gasteiger partial charge in [-0.1, -0.05) is 25.1 Å². The molecule has 2 aromatic heterocycles. The lowest BCUT2D eigenvalue weighted by Crippen LogP contribution is -2.10. The van der Waals surface area contributed by atoms with Crippen LogP contribution >= 0.6 is 0 Å². The van der Waals surface area contributed by atoms with Crippen LogP contribution < -0.4 is 5.32 Å². The van der Waals surface area contributed by atoms with E-state index in [4.69, 9.17) is 4.98 Å². The number of fused-ring (bicyclic) bond motifs is 1. The second-order valence-electron chi connectivity index (χ2n) is 5.05. The molecular weight excluding hydrogens is 262 g/mol. The molecule has 0 aliphatic rings. The molecule has 3 aromatic rings. The molecular formula is C16H19N5. The van der Waals surface area contributed by atoms with Crippen molar-refractivity contribution in [2.45, 2.75) is 26.7 Å². The van der Waals surface area contributed by atoms with Crippen molar-refractivity contribution in [1.29, 1.82) is 0 Å². The number of hydrogen-bond acceptors (Lipinski definition) is 4. The molecule has 108 valence electrons. The summed E-state index contributed by atoms with van der Waals surface area (Å²) in [5, 5.41) is 8.76. The highest BCUT2D eigenvalue weighted by atomic mass is 15.3. The number of hydrogen-bond donors (Lipinski definition) is 1. The topological polar surface area (TPSA) is 55.6 Å². The van der Waals surface area contributed by atoms with Crippen molar-refractivity contribution < 1.29 is 0 Å². The average Bonchev–Trinajstić information content (AvgIpc) is 2.93. The summed E-state index contributed by atoms with van der Waals surface area (Å²) in [5.41, 5.74) is 2.06. The van der Waals surface area contributed by atoms with Gasteiger partial charge in [0.2, 0.25) is 0 Å². The van der Waals surface area contributed by atoms with Gasteiger partial charge >= 0.3 is 0 Å². The summed E-state index contributed by atoms with van der Waals surface area (Å²) in [6.07, 6.45) is 3.75. The first-order valence-corrected chi connectivity index (χ1v) is 7.23. The molecule has 3 rings (SSSR count). The van der Waals surface area contributed by atoms with Gasteiger partial charge in [0, 0.05) is 24.4 Å². The van der Waals surface area contributed by atoms with Crippen LogP contribution in [0.3, 0.4) is 0 Å². The van der Waals surface area contributed by atoms with Crippen LogP contribution in [-0.4, -0.2) is 26.8 Å². The van der Waals surface area contributed by atoms with Crippen molar-refractivity contribution in [3.63, 3.8) is 0 Å². The maximum absolute atomic E-state index is 4.71. The molecule has 0 aliphatic carbocycles. The smallest absolute Gasteiger partial charge is 0.162 e. The van der Waals surface area contributed by atoms with Crippen LogP contribution in [0.2, 0.25) is 0 Å². The Kier molecular flexibility index (Phi) is 3.56. The fourth-order valence-electron chi connectivity index (χ4n) is 2.48. The van der Waals surface area contributed by atoms with Crippen LogP contribution in [0, 0.1) is 6.92 Å². The average molecular weight is 281 g/mol. The number of aryl methyl sites for hydroxylation is 1. The van der Waals surface area contributed by atoms with Gasteiger partial charge in [0.1, 0.15) is 11.6 Å². The second kappa shape index (κ2) is 5.52. The molecule has 0 saturated carbocycles. The van der Waals surface area contributed by atoms with E-state index in [1.165, 1.54) is 0 Å². The van der Waals surface area contributed by atoms with Crippen molar-refractivity contribution in [2.75, 3.05) is 12.4 Å². The fourth-order valence-corrected chi connectivity index (χ4v) is 2.48. The minimum atomic E-state index is 0.846. The molecule has 0 aliphatic heterocycles. The van der Waals surface area contributed by atoms with Crippen LogP contribution in [0.4, 0.5) is 5.82 Å². The van der Waals surface area contributed by atoms with E-state index >= 15 is 0 Å². The molecule has 0 saturated heterocycles. The standard InChI is InChI=1S/C16H19N5/c1-4-7-14-19-15(17-3)11(2)16(20-14)21-13-9-6-5-8-12(13)10-18-21/h5-6,8-10H,4,7H2,1-3H3,(H,17,19,20). The molecule has 2 heterocycles. The number of anilines is 1. The summed E-state index contributed by atoms with van der Waals surface area (Å²) >= 11 is 0. The predicted octanol–water partition coefficient (Wildman–Crippen LogP) is 3.12. The number of nitrogens with zero attached hydrogens (tertiary/aromatic N) is 4. The van der Waals surface area contributed by atoms with Gasteiger partial charge in [-0.2, -0.15) is 5.10 Å². The Morgan fingerprint density at radius 3 is 2.76 bits per heavy atom. The van der Waals surface area contributed by atoms with Gasteiger partial charge in [-0.3, -0.25) is 0 Å². The van der Waals surface area contributed by atoms with Gasteiger partial charge in [0.05, 0.1) is 11.7 Å². The quantitative estimate of drug-likeness (QED) is 0.798. The lowest BCUT2D eigenvalue weighted by atomic mass is 10.2. The maximum atomic E-state index is 4.71. The monoisotopic (exact) mass is 281 g/mol. The van der Waals surface area contributed by atoms with E-state index in [0.717, 1.165) is 46.8 Å². The summed E-state index contributed by atoms with van der Waals surface area (Å²) in [5.74, 6) is 2.56. The van der Waals surface area contributed by atoms with Crippen LogP contribution in [0.1, 0.15) is 24.7 Å². The Balaban J connectivity index is 2.23. The van der Waals surface area contributed by atoms with Crippen LogP contribution in [0.25, 0.3) is 16.7 Å². The molecule has 0 atom stereocenters. The third kappa shape index (κ3) is 2.35. The molecule has 1 aromatic carbocycles. The lowest BCUT2D eigenvalue weighted by Gasteiger charge is -2.12. The van der Waals surface area contributed by atoms with Crippen molar-refractivity contribution in [3.05, 3.63) is 41.9 Å². The lowest BCUT2D eigenvalue weighted by molar-refractivity contribution is 0.790. The minimum Gasteiger partial charge on any atom is -0.373 e. The van der Waals surface area contributed by atoms with Gasteiger partial charge in [0.25, 0.3) is 0 Å². The number of para-hydroxylation sites is 1. The van der Waals surface area contributed by atoms with E-state index in [1.807, 2.05) is 37.0 Å². The molecule has 0 unspecified atom stereocenters. The van der Waals surface area contributed by atoms with Crippen molar-refractivity contribution in [3.8, 4) is 5.82 Å². The second-order valence-corrected chi connectivity index (χ2v) is 5.05. The minimum absolute atomic E-state index is 0.846. The Morgan fingerprint density at radius 2 is 2.00 bits per heavy atom. The molecule has 21 heavy (non-hydrogen) atoms. The van der Waals surface area contributed by atoms with Crippen molar-refractivity contribution in [1.82, 2.24) is 19.7 Å². The van der Waals surface area contributed by atoms with E-state index in [-0.39, 0.29) is 0 Å². The van der Waals surface area contributed by atoms with E-state index in [2.05, 4.69) is 34.5 Å². The molecule has 0 spiro atoms. The summed E-state index contributed by atoms with van der Waals surface area (Å²) in [4.78, 5) is 9.28. The summed E-state index contributed by atoms with van der Waals surface area (Å²) in [6.45, 7) is 4.15. The maximum Gasteiger partial charge on any atom is 0.162 e. The van der Waals surface area contributed by atoms with Gasteiger partial charge in [-0.25, -0.2) is 14.6 Å². The molecule has 5 heteroatoms. The summed E-state index contributed by atoms with van der Waals surface area (Å²) < 4.78 is 1.90. The highest BCUT2D eigenvalue weighted by Crippen LogP contribution is 2.23. The van der Waals surface area contributed by atoms with Gasteiger partial charge in [0.15, 0.2) is 5.82 Å². The number of benzene rings is 1. The largest absolute Gasteiger partial charge is 0.373 e. The van der Waals surface area contributed by atoms with Crippen molar-refractivity contribution >= 4 is 16.7 Å². The fraction of sp³-hybridized carbons (Fsp3) is 0.312. The number of rotatable bonds is 4. The SMILES string of the molecule is CCCc1nc(NC)c(C)c(-n2ncc3ccccc32)n1.